The predicted octanol–water partition coefficient (Wildman–Crippen LogP) is 1.08. The van der Waals surface area contributed by atoms with Crippen LogP contribution in [0, 0.1) is 0 Å². The number of nitrogens with one attached hydrogen (secondary N) is 3. The van der Waals surface area contributed by atoms with Crippen molar-refractivity contribution in [3.05, 3.63) is 76.6 Å². The van der Waals surface area contributed by atoms with Gasteiger partial charge in [-0.15, -0.1) is 0 Å². The van der Waals surface area contributed by atoms with Crippen molar-refractivity contribution < 1.29 is 33.9 Å². The third-order valence-corrected chi connectivity index (χ3v) is 9.61. The van der Waals surface area contributed by atoms with Crippen molar-refractivity contribution in [1.82, 2.24) is 40.8 Å². The zero-order valence-electron chi connectivity index (χ0n) is 30.1. The molecule has 6 rings (SSSR count). The van der Waals surface area contributed by atoms with Crippen LogP contribution in [0.3, 0.4) is 0 Å². The predicted molar refractivity (Wildman–Crippen MR) is 199 cm³/mol. The van der Waals surface area contributed by atoms with E-state index in [-0.39, 0.29) is 60.0 Å². The minimum Gasteiger partial charge on any atom is -0.480 e. The van der Waals surface area contributed by atoms with Gasteiger partial charge >= 0.3 is 5.97 Å². The van der Waals surface area contributed by atoms with Crippen molar-refractivity contribution in [3.63, 3.8) is 0 Å². The molecule has 0 spiro atoms. The zero-order valence-corrected chi connectivity index (χ0v) is 30.1. The SMILES string of the molecule is CN(Cc1cnc2nc(N)nc(N)c2n1)c1ccc(C(=O)N[C@@H](CCC(=O)NCCCCc2cccc3c2CN(C2CCC(=O)NC2=O)C3=O)C(=O)O)cc1. The van der Waals surface area contributed by atoms with Gasteiger partial charge in [-0.3, -0.25) is 29.3 Å². The molecule has 1 unspecified atom stereocenters. The first-order valence-corrected chi connectivity index (χ1v) is 17.8. The molecule has 2 aliphatic heterocycles. The van der Waals surface area contributed by atoms with Crippen molar-refractivity contribution in [1.29, 1.82) is 0 Å². The Balaban J connectivity index is 0.925. The first-order chi connectivity index (χ1) is 26.4. The average molecular weight is 752 g/mol. The summed E-state index contributed by atoms with van der Waals surface area (Å²) in [6.45, 7) is 1.01. The van der Waals surface area contributed by atoms with Crippen LogP contribution in [0.1, 0.15) is 76.1 Å². The fourth-order valence-electron chi connectivity index (χ4n) is 6.68. The number of aromatic nitrogens is 4. The van der Waals surface area contributed by atoms with Crippen LogP contribution in [0.25, 0.3) is 11.2 Å². The number of carboxylic acid groups (broad SMARTS) is 1. The van der Waals surface area contributed by atoms with Gasteiger partial charge in [-0.25, -0.2) is 14.8 Å². The topological polar surface area (TPSA) is 269 Å². The summed E-state index contributed by atoms with van der Waals surface area (Å²) in [5.74, 6) is -3.08. The second-order valence-corrected chi connectivity index (χ2v) is 13.5. The Hall–Kier alpha value is -6.72. The van der Waals surface area contributed by atoms with E-state index in [0.717, 1.165) is 16.8 Å². The smallest absolute Gasteiger partial charge is 0.326 e. The van der Waals surface area contributed by atoms with Gasteiger partial charge < -0.3 is 37.0 Å². The number of unbranched alkanes of at least 4 members (excludes halogenated alkanes) is 1. The molecular formula is C37H41N11O7. The van der Waals surface area contributed by atoms with E-state index in [2.05, 4.69) is 35.9 Å². The number of nitrogen functional groups attached to an aromatic ring is 2. The van der Waals surface area contributed by atoms with Gasteiger partial charge in [0, 0.05) is 49.8 Å². The van der Waals surface area contributed by atoms with Gasteiger partial charge in [0.1, 0.15) is 12.1 Å². The van der Waals surface area contributed by atoms with E-state index in [4.69, 9.17) is 11.5 Å². The number of rotatable bonds is 15. The number of hydrogen-bond donors (Lipinski definition) is 6. The van der Waals surface area contributed by atoms with Crippen LogP contribution in [0.4, 0.5) is 17.5 Å². The Morgan fingerprint density at radius 1 is 1.05 bits per heavy atom. The molecule has 18 nitrogen and oxygen atoms in total. The van der Waals surface area contributed by atoms with Gasteiger partial charge in [0.05, 0.1) is 18.4 Å². The van der Waals surface area contributed by atoms with Gasteiger partial charge in [0.15, 0.2) is 17.0 Å². The highest BCUT2D eigenvalue weighted by Crippen LogP contribution is 2.30. The maximum atomic E-state index is 13.1. The number of carbonyl (C=O) groups excluding carboxylic acids is 5. The van der Waals surface area contributed by atoms with Crippen LogP contribution in [-0.2, 0) is 38.7 Å². The summed E-state index contributed by atoms with van der Waals surface area (Å²) in [5.41, 5.74) is 16.2. The Bertz CT molecular complexity index is 2160. The van der Waals surface area contributed by atoms with Crippen LogP contribution in [0.5, 0.6) is 0 Å². The molecule has 4 aromatic rings. The fourth-order valence-corrected chi connectivity index (χ4v) is 6.68. The Morgan fingerprint density at radius 2 is 1.84 bits per heavy atom. The van der Waals surface area contributed by atoms with E-state index < -0.39 is 29.9 Å². The first kappa shape index (κ1) is 38.0. The molecular weight excluding hydrogens is 710 g/mol. The molecule has 2 atom stereocenters. The third kappa shape index (κ3) is 8.91. The number of nitrogens with two attached hydrogens (primary N) is 2. The summed E-state index contributed by atoms with van der Waals surface area (Å²) in [4.78, 5) is 94.6. The van der Waals surface area contributed by atoms with Crippen molar-refractivity contribution in [2.24, 2.45) is 0 Å². The summed E-state index contributed by atoms with van der Waals surface area (Å²) < 4.78 is 0. The number of fused-ring (bicyclic) bond motifs is 2. The number of carbonyl (C=O) groups is 6. The van der Waals surface area contributed by atoms with E-state index in [9.17, 15) is 33.9 Å². The van der Waals surface area contributed by atoms with Crippen LogP contribution in [-0.4, -0.2) is 91.1 Å². The fraction of sp³-hybridized carbons (Fsp3) is 0.351. The van der Waals surface area contributed by atoms with Crippen molar-refractivity contribution in [3.8, 4) is 0 Å². The molecule has 8 N–H and O–H groups in total. The Labute approximate surface area is 315 Å². The molecule has 2 aromatic heterocycles. The van der Waals surface area contributed by atoms with Gasteiger partial charge in [0.25, 0.3) is 11.8 Å². The monoisotopic (exact) mass is 751 g/mol. The first-order valence-electron chi connectivity index (χ1n) is 17.8. The summed E-state index contributed by atoms with van der Waals surface area (Å²) >= 11 is 0. The lowest BCUT2D eigenvalue weighted by molar-refractivity contribution is -0.140. The molecule has 2 aliphatic rings. The van der Waals surface area contributed by atoms with Crippen molar-refractivity contribution in [2.45, 2.75) is 70.1 Å². The van der Waals surface area contributed by atoms with Gasteiger partial charge in [-0.2, -0.15) is 9.97 Å². The largest absolute Gasteiger partial charge is 0.480 e. The number of imide groups is 1. The van der Waals surface area contributed by atoms with Crippen LogP contribution >= 0.6 is 0 Å². The standard InChI is InChI=1S/C37H41N11O7/c1-47(18-22-17-41-32-30(42-22)31(38)45-37(39)46-32)23-10-8-21(9-11-23)33(51)43-26(36(54)55)12-14-28(49)40-16-3-2-5-20-6-4-7-24-25(20)19-48(35(24)53)27-13-15-29(50)44-34(27)52/h4,6-11,17,26-27H,2-3,5,12-16,18-19H2,1H3,(H,40,49)(H,43,51)(H,54,55)(H,44,50,52)(H4,38,39,41,45,46)/t26-,27?/m0/s1. The molecule has 55 heavy (non-hydrogen) atoms. The quantitative estimate of drug-likeness (QED) is 0.0733. The zero-order chi connectivity index (χ0) is 39.2. The second-order valence-electron chi connectivity index (χ2n) is 13.5. The number of benzene rings is 2. The van der Waals surface area contributed by atoms with Crippen molar-refractivity contribution in [2.75, 3.05) is 30.0 Å². The van der Waals surface area contributed by atoms with Crippen LogP contribution in [0.2, 0.25) is 0 Å². The van der Waals surface area contributed by atoms with Gasteiger partial charge in [-0.1, -0.05) is 12.1 Å². The van der Waals surface area contributed by atoms with Crippen molar-refractivity contribution >= 4 is 64.1 Å². The van der Waals surface area contributed by atoms with E-state index >= 15 is 0 Å². The Kier molecular flexibility index (Phi) is 11.4. The normalized spacial score (nSPS) is 15.7. The number of anilines is 3. The number of hydrogen-bond acceptors (Lipinski definition) is 13. The molecule has 0 radical (unpaired) electrons. The van der Waals surface area contributed by atoms with E-state index in [1.165, 1.54) is 4.90 Å². The number of nitrogens with zero attached hydrogens (tertiary/aromatic N) is 6. The molecule has 18 heteroatoms. The number of piperidine rings is 1. The number of carboxylic acids is 1. The Morgan fingerprint density at radius 3 is 2.58 bits per heavy atom. The molecule has 4 heterocycles. The van der Waals surface area contributed by atoms with Crippen LogP contribution < -0.4 is 32.3 Å². The minimum atomic E-state index is -1.28. The lowest BCUT2D eigenvalue weighted by Crippen LogP contribution is -2.52. The minimum absolute atomic E-state index is 0.00516. The highest BCUT2D eigenvalue weighted by atomic mass is 16.4. The highest BCUT2D eigenvalue weighted by molar-refractivity contribution is 6.05. The molecule has 0 bridgehead atoms. The number of aliphatic carboxylic acids is 1. The lowest BCUT2D eigenvalue weighted by atomic mass is 9.99. The average Bonchev–Trinajstić information content (AvgIpc) is 3.49. The number of aryl methyl sites for hydroxylation is 1. The summed E-state index contributed by atoms with van der Waals surface area (Å²) in [7, 11) is 1.83. The molecule has 2 aromatic carbocycles. The maximum Gasteiger partial charge on any atom is 0.326 e. The molecule has 0 aliphatic carbocycles. The molecule has 1 saturated heterocycles. The maximum absolute atomic E-state index is 13.1. The molecule has 286 valence electrons. The highest BCUT2D eigenvalue weighted by Gasteiger charge is 2.39. The third-order valence-electron chi connectivity index (χ3n) is 9.61. The van der Waals surface area contributed by atoms with E-state index in [0.29, 0.717) is 62.1 Å². The summed E-state index contributed by atoms with van der Waals surface area (Å²) in [6.07, 6.45) is 3.84. The second kappa shape index (κ2) is 16.5. The summed E-state index contributed by atoms with van der Waals surface area (Å²) in [5, 5.41) is 17.4. The van der Waals surface area contributed by atoms with E-state index in [1.54, 1.807) is 36.5 Å². The van der Waals surface area contributed by atoms with Gasteiger partial charge in [-0.05, 0) is 73.6 Å². The van der Waals surface area contributed by atoms with E-state index in [1.807, 2.05) is 24.1 Å². The van der Waals surface area contributed by atoms with Gasteiger partial charge in [0.2, 0.25) is 23.7 Å². The molecule has 5 amide bonds. The van der Waals surface area contributed by atoms with Crippen LogP contribution in [0.15, 0.2) is 48.7 Å². The molecule has 0 saturated carbocycles. The summed E-state index contributed by atoms with van der Waals surface area (Å²) in [6, 6.07) is 10.1. The number of amides is 5. The lowest BCUT2D eigenvalue weighted by Gasteiger charge is -2.29. The molecule has 1 fully saturated rings.